The SMILES string of the molecule is O=Cc1ccc2c(c1)N(CC(=O)O)C(=O)CO2. The molecule has 0 aromatic heterocycles. The van der Waals surface area contributed by atoms with Crippen molar-refractivity contribution in [3.05, 3.63) is 23.8 Å². The molecule has 17 heavy (non-hydrogen) atoms. The van der Waals surface area contributed by atoms with E-state index < -0.39 is 18.4 Å². The van der Waals surface area contributed by atoms with Gasteiger partial charge in [0.2, 0.25) is 0 Å². The zero-order valence-electron chi connectivity index (χ0n) is 8.75. The molecule has 0 spiro atoms. The van der Waals surface area contributed by atoms with Crippen molar-refractivity contribution in [2.45, 2.75) is 0 Å². The first kappa shape index (κ1) is 11.1. The number of amides is 1. The van der Waals surface area contributed by atoms with Gasteiger partial charge < -0.3 is 9.84 Å². The molecule has 1 aliphatic rings. The van der Waals surface area contributed by atoms with Crippen molar-refractivity contribution in [1.82, 2.24) is 0 Å². The highest BCUT2D eigenvalue weighted by Gasteiger charge is 2.27. The number of ether oxygens (including phenoxy) is 1. The number of carbonyl (C=O) groups excluding carboxylic acids is 2. The maximum absolute atomic E-state index is 11.5. The van der Waals surface area contributed by atoms with Gasteiger partial charge >= 0.3 is 5.97 Å². The van der Waals surface area contributed by atoms with Crippen LogP contribution >= 0.6 is 0 Å². The molecule has 1 aromatic rings. The molecule has 0 bridgehead atoms. The van der Waals surface area contributed by atoms with Crippen LogP contribution in [0.25, 0.3) is 0 Å². The molecule has 88 valence electrons. The molecule has 0 saturated heterocycles. The third-order valence-electron chi connectivity index (χ3n) is 2.36. The first-order valence-corrected chi connectivity index (χ1v) is 4.86. The highest BCUT2D eigenvalue weighted by atomic mass is 16.5. The molecule has 0 aliphatic carbocycles. The molecule has 0 unspecified atom stereocenters. The lowest BCUT2D eigenvalue weighted by atomic mass is 10.1. The number of carboxylic acids is 1. The predicted octanol–water partition coefficient (Wildman–Crippen LogP) is 0.309. The van der Waals surface area contributed by atoms with Crippen LogP contribution in [0.15, 0.2) is 18.2 Å². The van der Waals surface area contributed by atoms with E-state index in [-0.39, 0.29) is 6.61 Å². The van der Waals surface area contributed by atoms with Gasteiger partial charge in [-0.3, -0.25) is 19.3 Å². The van der Waals surface area contributed by atoms with E-state index >= 15 is 0 Å². The van der Waals surface area contributed by atoms with Crippen molar-refractivity contribution in [3.63, 3.8) is 0 Å². The van der Waals surface area contributed by atoms with E-state index in [1.165, 1.54) is 6.07 Å². The van der Waals surface area contributed by atoms with Crippen molar-refractivity contribution < 1.29 is 24.2 Å². The average Bonchev–Trinajstić information content (AvgIpc) is 2.32. The molecule has 1 aliphatic heterocycles. The number of carboxylic acid groups (broad SMARTS) is 1. The first-order chi connectivity index (χ1) is 8.11. The van der Waals surface area contributed by atoms with Crippen LogP contribution in [0.1, 0.15) is 10.4 Å². The second kappa shape index (κ2) is 4.25. The fraction of sp³-hybridized carbons (Fsp3) is 0.182. The Hall–Kier alpha value is -2.37. The van der Waals surface area contributed by atoms with Crippen molar-refractivity contribution in [2.75, 3.05) is 18.1 Å². The van der Waals surface area contributed by atoms with Gasteiger partial charge in [0.1, 0.15) is 18.6 Å². The maximum atomic E-state index is 11.5. The summed E-state index contributed by atoms with van der Waals surface area (Å²) in [6, 6.07) is 4.52. The topological polar surface area (TPSA) is 83.9 Å². The Bertz CT molecular complexity index is 497. The molecule has 6 heteroatoms. The molecule has 1 heterocycles. The molecule has 1 amide bonds. The number of hydrogen-bond donors (Lipinski definition) is 1. The second-order valence-electron chi connectivity index (χ2n) is 3.51. The van der Waals surface area contributed by atoms with E-state index in [2.05, 4.69) is 0 Å². The fourth-order valence-electron chi connectivity index (χ4n) is 1.60. The summed E-state index contributed by atoms with van der Waals surface area (Å²) in [6.07, 6.45) is 0.623. The Morgan fingerprint density at radius 2 is 2.29 bits per heavy atom. The highest BCUT2D eigenvalue weighted by molar-refractivity contribution is 6.01. The van der Waals surface area contributed by atoms with Crippen LogP contribution in [0.4, 0.5) is 5.69 Å². The van der Waals surface area contributed by atoms with Crippen LogP contribution in [0.3, 0.4) is 0 Å². The van der Waals surface area contributed by atoms with Gasteiger partial charge in [-0.2, -0.15) is 0 Å². The number of rotatable bonds is 3. The molecule has 1 N–H and O–H groups in total. The van der Waals surface area contributed by atoms with Crippen molar-refractivity contribution in [1.29, 1.82) is 0 Å². The molecule has 0 saturated carbocycles. The summed E-state index contributed by atoms with van der Waals surface area (Å²) in [4.78, 5) is 33.9. The normalized spacial score (nSPS) is 13.9. The number of aldehydes is 1. The third-order valence-corrected chi connectivity index (χ3v) is 2.36. The van der Waals surface area contributed by atoms with Gasteiger partial charge in [-0.15, -0.1) is 0 Å². The molecule has 0 radical (unpaired) electrons. The molecule has 0 atom stereocenters. The van der Waals surface area contributed by atoms with Crippen LogP contribution in [0, 0.1) is 0 Å². The molecular weight excluding hydrogens is 226 g/mol. The zero-order chi connectivity index (χ0) is 12.4. The van der Waals surface area contributed by atoms with Gasteiger partial charge in [0.05, 0.1) is 5.69 Å². The lowest BCUT2D eigenvalue weighted by Gasteiger charge is -2.28. The van der Waals surface area contributed by atoms with Crippen molar-refractivity contribution in [3.8, 4) is 5.75 Å². The van der Waals surface area contributed by atoms with Crippen LogP contribution < -0.4 is 9.64 Å². The predicted molar refractivity (Wildman–Crippen MR) is 57.3 cm³/mol. The lowest BCUT2D eigenvalue weighted by Crippen LogP contribution is -2.42. The van der Waals surface area contributed by atoms with Gasteiger partial charge in [0, 0.05) is 5.56 Å². The monoisotopic (exact) mass is 235 g/mol. The smallest absolute Gasteiger partial charge is 0.323 e. The highest BCUT2D eigenvalue weighted by Crippen LogP contribution is 2.32. The molecule has 6 nitrogen and oxygen atoms in total. The van der Waals surface area contributed by atoms with Gasteiger partial charge in [-0.25, -0.2) is 0 Å². The summed E-state index contributed by atoms with van der Waals surface area (Å²) < 4.78 is 5.15. The zero-order valence-corrected chi connectivity index (χ0v) is 8.75. The van der Waals surface area contributed by atoms with Crippen LogP contribution in [-0.4, -0.2) is 36.4 Å². The fourth-order valence-corrected chi connectivity index (χ4v) is 1.60. The summed E-state index contributed by atoms with van der Waals surface area (Å²) in [5, 5.41) is 8.73. The molecule has 0 fully saturated rings. The quantitative estimate of drug-likeness (QED) is 0.762. The van der Waals surface area contributed by atoms with E-state index in [4.69, 9.17) is 9.84 Å². The summed E-state index contributed by atoms with van der Waals surface area (Å²) in [7, 11) is 0. The molecule has 2 rings (SSSR count). The molecule has 1 aromatic carbocycles. The van der Waals surface area contributed by atoms with E-state index in [1.54, 1.807) is 12.1 Å². The van der Waals surface area contributed by atoms with Crippen molar-refractivity contribution >= 4 is 23.9 Å². The summed E-state index contributed by atoms with van der Waals surface area (Å²) >= 11 is 0. The summed E-state index contributed by atoms with van der Waals surface area (Å²) in [5.41, 5.74) is 0.672. The van der Waals surface area contributed by atoms with Crippen LogP contribution in [-0.2, 0) is 9.59 Å². The van der Waals surface area contributed by atoms with Gasteiger partial charge in [-0.05, 0) is 18.2 Å². The van der Waals surface area contributed by atoms with Crippen LogP contribution in [0.5, 0.6) is 5.75 Å². The Labute approximate surface area is 96.4 Å². The van der Waals surface area contributed by atoms with E-state index in [9.17, 15) is 14.4 Å². The minimum absolute atomic E-state index is 0.194. The second-order valence-corrected chi connectivity index (χ2v) is 3.51. The molecular formula is C11H9NO5. The van der Waals surface area contributed by atoms with E-state index in [0.29, 0.717) is 23.3 Å². The van der Waals surface area contributed by atoms with Crippen molar-refractivity contribution in [2.24, 2.45) is 0 Å². The van der Waals surface area contributed by atoms with Gasteiger partial charge in [-0.1, -0.05) is 0 Å². The number of anilines is 1. The Morgan fingerprint density at radius 1 is 1.53 bits per heavy atom. The Balaban J connectivity index is 2.44. The standard InChI is InChI=1S/C11H9NO5/c13-5-7-1-2-9-8(3-7)12(4-11(15)16)10(14)6-17-9/h1-3,5H,4,6H2,(H,15,16). The Morgan fingerprint density at radius 3 is 2.94 bits per heavy atom. The first-order valence-electron chi connectivity index (χ1n) is 4.86. The summed E-state index contributed by atoms with van der Waals surface area (Å²) in [5.74, 6) is -1.16. The Kier molecular flexibility index (Phi) is 2.78. The van der Waals surface area contributed by atoms with Crippen LogP contribution in [0.2, 0.25) is 0 Å². The summed E-state index contributed by atoms with van der Waals surface area (Å²) in [6.45, 7) is -0.641. The van der Waals surface area contributed by atoms with Gasteiger partial charge in [0.15, 0.2) is 6.61 Å². The van der Waals surface area contributed by atoms with Gasteiger partial charge in [0.25, 0.3) is 5.91 Å². The minimum atomic E-state index is -1.12. The largest absolute Gasteiger partial charge is 0.482 e. The number of nitrogens with zero attached hydrogens (tertiary/aromatic N) is 1. The number of carbonyl (C=O) groups is 3. The number of benzene rings is 1. The average molecular weight is 235 g/mol. The van der Waals surface area contributed by atoms with E-state index in [0.717, 1.165) is 4.90 Å². The number of hydrogen-bond acceptors (Lipinski definition) is 4. The number of fused-ring (bicyclic) bond motifs is 1. The minimum Gasteiger partial charge on any atom is -0.482 e. The lowest BCUT2D eigenvalue weighted by molar-refractivity contribution is -0.137. The number of aliphatic carboxylic acids is 1. The third kappa shape index (κ3) is 2.10. The maximum Gasteiger partial charge on any atom is 0.323 e. The van der Waals surface area contributed by atoms with E-state index in [1.807, 2.05) is 0 Å².